The van der Waals surface area contributed by atoms with Crippen LogP contribution in [0.15, 0.2) is 5.38 Å². The Hall–Kier alpha value is -1.96. The number of anilines is 1. The Morgan fingerprint density at radius 3 is 2.62 bits per heavy atom. The number of carboxylic acid groups (broad SMARTS) is 1. The highest BCUT2D eigenvalue weighted by atomic mass is 32.1. The van der Waals surface area contributed by atoms with Crippen molar-refractivity contribution < 1.29 is 19.5 Å². The second-order valence-electron chi connectivity index (χ2n) is 2.84. The van der Waals surface area contributed by atoms with Gasteiger partial charge in [-0.3, -0.25) is 14.4 Å². The maximum Gasteiger partial charge on any atom is 0.303 e. The van der Waals surface area contributed by atoms with Crippen molar-refractivity contribution in [1.82, 2.24) is 4.98 Å². The molecule has 1 rings (SSSR count). The zero-order valence-electron chi connectivity index (χ0n) is 8.10. The molecule has 2 amide bonds. The van der Waals surface area contributed by atoms with Gasteiger partial charge in [0, 0.05) is 11.8 Å². The van der Waals surface area contributed by atoms with Crippen LogP contribution in [0.3, 0.4) is 0 Å². The molecule has 0 unspecified atom stereocenters. The number of nitrogens with zero attached hydrogens (tertiary/aromatic N) is 1. The minimum absolute atomic E-state index is 0.0681. The lowest BCUT2D eigenvalue weighted by atomic mass is 10.3. The van der Waals surface area contributed by atoms with Gasteiger partial charge in [0.2, 0.25) is 5.91 Å². The van der Waals surface area contributed by atoms with Crippen molar-refractivity contribution in [3.05, 3.63) is 11.1 Å². The summed E-state index contributed by atoms with van der Waals surface area (Å²) in [5.74, 6) is -2.19. The van der Waals surface area contributed by atoms with Gasteiger partial charge in [0.05, 0.1) is 6.42 Å². The van der Waals surface area contributed by atoms with Crippen LogP contribution in [-0.2, 0) is 9.59 Å². The first-order valence-electron chi connectivity index (χ1n) is 4.26. The molecule has 0 bridgehead atoms. The topological polar surface area (TPSA) is 122 Å². The summed E-state index contributed by atoms with van der Waals surface area (Å²) in [5, 5.41) is 12.4. The fourth-order valence-corrected chi connectivity index (χ4v) is 1.56. The van der Waals surface area contributed by atoms with E-state index < -0.39 is 17.8 Å². The second kappa shape index (κ2) is 5.21. The molecule has 0 radical (unpaired) electrons. The molecular formula is C8H9N3O4S. The molecule has 0 aliphatic heterocycles. The van der Waals surface area contributed by atoms with E-state index in [9.17, 15) is 14.4 Å². The maximum absolute atomic E-state index is 11.2. The number of aromatic nitrogens is 1. The zero-order valence-corrected chi connectivity index (χ0v) is 8.91. The van der Waals surface area contributed by atoms with Gasteiger partial charge in [-0.15, -0.1) is 11.3 Å². The molecule has 4 N–H and O–H groups in total. The van der Waals surface area contributed by atoms with E-state index in [1.54, 1.807) is 0 Å². The van der Waals surface area contributed by atoms with Crippen molar-refractivity contribution in [1.29, 1.82) is 0 Å². The SMILES string of the molecule is NC(=O)c1csc(NC(=O)CCC(=O)O)n1. The molecule has 0 fully saturated rings. The highest BCUT2D eigenvalue weighted by molar-refractivity contribution is 7.14. The minimum atomic E-state index is -1.05. The van der Waals surface area contributed by atoms with E-state index in [-0.39, 0.29) is 23.7 Å². The molecule has 1 heterocycles. The van der Waals surface area contributed by atoms with E-state index in [1.807, 2.05) is 0 Å². The summed E-state index contributed by atoms with van der Waals surface area (Å²) in [6.07, 6.45) is -0.388. The predicted molar refractivity (Wildman–Crippen MR) is 56.1 cm³/mol. The molecule has 0 aromatic carbocycles. The highest BCUT2D eigenvalue weighted by Crippen LogP contribution is 2.15. The van der Waals surface area contributed by atoms with E-state index in [4.69, 9.17) is 10.8 Å². The summed E-state index contributed by atoms with van der Waals surface area (Å²) in [6, 6.07) is 0. The second-order valence-corrected chi connectivity index (χ2v) is 3.70. The van der Waals surface area contributed by atoms with Crippen molar-refractivity contribution >= 4 is 34.3 Å². The predicted octanol–water partition coefficient (Wildman–Crippen LogP) is 0.0453. The van der Waals surface area contributed by atoms with E-state index in [1.165, 1.54) is 5.38 Å². The fourth-order valence-electron chi connectivity index (χ4n) is 0.847. The molecular weight excluding hydrogens is 234 g/mol. The van der Waals surface area contributed by atoms with Crippen LogP contribution in [-0.4, -0.2) is 27.9 Å². The third-order valence-electron chi connectivity index (χ3n) is 1.57. The van der Waals surface area contributed by atoms with E-state index in [0.717, 1.165) is 11.3 Å². The zero-order chi connectivity index (χ0) is 12.1. The van der Waals surface area contributed by atoms with Gasteiger partial charge in [0.1, 0.15) is 5.69 Å². The number of carbonyl (C=O) groups is 3. The fraction of sp³-hybridized carbons (Fsp3) is 0.250. The monoisotopic (exact) mass is 243 g/mol. The lowest BCUT2D eigenvalue weighted by molar-refractivity contribution is -0.138. The maximum atomic E-state index is 11.2. The smallest absolute Gasteiger partial charge is 0.303 e. The van der Waals surface area contributed by atoms with Gasteiger partial charge in [0.25, 0.3) is 5.91 Å². The summed E-state index contributed by atoms with van der Waals surface area (Å²) >= 11 is 1.05. The Balaban J connectivity index is 2.49. The molecule has 0 saturated heterocycles. The number of carboxylic acids is 1. The number of aliphatic carboxylic acids is 1. The average molecular weight is 243 g/mol. The number of nitrogens with one attached hydrogen (secondary N) is 1. The van der Waals surface area contributed by atoms with Crippen LogP contribution in [0.1, 0.15) is 23.3 Å². The van der Waals surface area contributed by atoms with Crippen molar-refractivity contribution in [2.24, 2.45) is 5.73 Å². The van der Waals surface area contributed by atoms with Gasteiger partial charge < -0.3 is 16.2 Å². The molecule has 0 aliphatic carbocycles. The lowest BCUT2D eigenvalue weighted by Crippen LogP contribution is -2.14. The van der Waals surface area contributed by atoms with Crippen LogP contribution in [0.4, 0.5) is 5.13 Å². The molecule has 8 heteroatoms. The van der Waals surface area contributed by atoms with Crippen LogP contribution in [0, 0.1) is 0 Å². The van der Waals surface area contributed by atoms with Crippen LogP contribution in [0.5, 0.6) is 0 Å². The number of hydrogen-bond donors (Lipinski definition) is 3. The third-order valence-corrected chi connectivity index (χ3v) is 2.33. The number of rotatable bonds is 5. The van der Waals surface area contributed by atoms with Gasteiger partial charge in [-0.25, -0.2) is 4.98 Å². The van der Waals surface area contributed by atoms with Gasteiger partial charge >= 0.3 is 5.97 Å². The van der Waals surface area contributed by atoms with Gasteiger partial charge in [-0.2, -0.15) is 0 Å². The number of primary amides is 1. The first kappa shape index (κ1) is 12.1. The Morgan fingerprint density at radius 1 is 1.44 bits per heavy atom. The molecule has 0 atom stereocenters. The molecule has 86 valence electrons. The van der Waals surface area contributed by atoms with Crippen molar-refractivity contribution in [2.45, 2.75) is 12.8 Å². The minimum Gasteiger partial charge on any atom is -0.481 e. The van der Waals surface area contributed by atoms with Crippen molar-refractivity contribution in [3.8, 4) is 0 Å². The lowest BCUT2D eigenvalue weighted by Gasteiger charge is -1.98. The van der Waals surface area contributed by atoms with Gasteiger partial charge in [-0.1, -0.05) is 0 Å². The summed E-state index contributed by atoms with van der Waals surface area (Å²) in [5.41, 5.74) is 5.04. The Bertz CT molecular complexity index is 429. The number of nitrogens with two attached hydrogens (primary N) is 1. The summed E-state index contributed by atoms with van der Waals surface area (Å²) < 4.78 is 0. The van der Waals surface area contributed by atoms with E-state index in [2.05, 4.69) is 10.3 Å². The van der Waals surface area contributed by atoms with Gasteiger partial charge in [0.15, 0.2) is 5.13 Å². The third kappa shape index (κ3) is 3.65. The molecule has 0 spiro atoms. The normalized spacial score (nSPS) is 9.75. The number of carbonyl (C=O) groups excluding carboxylic acids is 2. The number of thiazole rings is 1. The number of hydrogen-bond acceptors (Lipinski definition) is 5. The van der Waals surface area contributed by atoms with Crippen molar-refractivity contribution in [3.63, 3.8) is 0 Å². The summed E-state index contributed by atoms with van der Waals surface area (Å²) in [6.45, 7) is 0. The quantitative estimate of drug-likeness (QED) is 0.674. The molecule has 7 nitrogen and oxygen atoms in total. The van der Waals surface area contributed by atoms with Crippen LogP contribution in [0.25, 0.3) is 0 Å². The molecule has 1 aromatic rings. The summed E-state index contributed by atoms with van der Waals surface area (Å²) in [7, 11) is 0. The molecule has 0 saturated carbocycles. The van der Waals surface area contributed by atoms with Crippen LogP contribution >= 0.6 is 11.3 Å². The van der Waals surface area contributed by atoms with E-state index in [0.29, 0.717) is 0 Å². The highest BCUT2D eigenvalue weighted by Gasteiger charge is 2.10. The van der Waals surface area contributed by atoms with Crippen LogP contribution in [0.2, 0.25) is 0 Å². The average Bonchev–Trinajstić information content (AvgIpc) is 2.63. The largest absolute Gasteiger partial charge is 0.481 e. The standard InChI is InChI=1S/C8H9N3O4S/c9-7(15)4-3-16-8(10-4)11-5(12)1-2-6(13)14/h3H,1-2H2,(H2,9,15)(H,13,14)(H,10,11,12). The first-order valence-corrected chi connectivity index (χ1v) is 5.14. The first-order chi connectivity index (χ1) is 7.49. The Kier molecular flexibility index (Phi) is 3.95. The molecule has 0 aliphatic rings. The molecule has 1 aromatic heterocycles. The van der Waals surface area contributed by atoms with E-state index >= 15 is 0 Å². The van der Waals surface area contributed by atoms with Gasteiger partial charge in [-0.05, 0) is 0 Å². The van der Waals surface area contributed by atoms with Crippen molar-refractivity contribution in [2.75, 3.05) is 5.32 Å². The summed E-state index contributed by atoms with van der Waals surface area (Å²) in [4.78, 5) is 35.8. The molecule has 16 heavy (non-hydrogen) atoms. The Morgan fingerprint density at radius 2 is 2.12 bits per heavy atom. The number of amides is 2. The van der Waals surface area contributed by atoms with Crippen LogP contribution < -0.4 is 11.1 Å². The Labute approximate surface area is 94.3 Å².